The second-order valence-corrected chi connectivity index (χ2v) is 8.22. The van der Waals surface area contributed by atoms with E-state index in [0.717, 1.165) is 0 Å². The van der Waals surface area contributed by atoms with Crippen LogP contribution < -0.4 is 21.7 Å². The molecule has 0 saturated heterocycles. The van der Waals surface area contributed by atoms with Crippen LogP contribution >= 0.6 is 0 Å². The minimum absolute atomic E-state index is 0. The first kappa shape index (κ1) is 44.4. The van der Waals surface area contributed by atoms with E-state index < -0.39 is 123 Å². The Labute approximate surface area is 251 Å². The van der Waals surface area contributed by atoms with Gasteiger partial charge in [-0.25, -0.2) is 0 Å². The molecule has 1 radical (unpaired) electrons. The molecule has 0 spiro atoms. The van der Waals surface area contributed by atoms with E-state index in [1.165, 1.54) is 0 Å². The van der Waals surface area contributed by atoms with Gasteiger partial charge in [0.15, 0.2) is 12.2 Å². The number of nitrogens with two attached hydrogens (primary N) is 2. The molecule has 10 atom stereocenters. The number of carbonyl (C=O) groups excluding carboxylic acids is 4. The van der Waals surface area contributed by atoms with Crippen LogP contribution in [0.2, 0.25) is 0 Å². The van der Waals surface area contributed by atoms with Crippen LogP contribution in [0, 0.1) is 0 Å². The second kappa shape index (κ2) is 21.6. The molecule has 43 heavy (non-hydrogen) atoms. The van der Waals surface area contributed by atoms with Gasteiger partial charge in [-0.3, -0.25) is 19.2 Å². The fourth-order valence-corrected chi connectivity index (χ4v) is 2.51. The normalized spacial score (nSPS) is 17.7. The third-order valence-electron chi connectivity index (χ3n) is 4.83. The Morgan fingerprint density at radius 2 is 0.837 bits per heavy atom. The fourth-order valence-electron chi connectivity index (χ4n) is 2.51. The Balaban J connectivity index is -0.000000727. The van der Waals surface area contributed by atoms with E-state index in [1.807, 2.05) is 0 Å². The van der Waals surface area contributed by atoms with Crippen molar-refractivity contribution in [2.45, 2.75) is 73.8 Å². The van der Waals surface area contributed by atoms with E-state index in [9.17, 15) is 59.4 Å². The van der Waals surface area contributed by atoms with E-state index in [4.69, 9.17) is 42.1 Å². The van der Waals surface area contributed by atoms with Crippen molar-refractivity contribution in [2.24, 2.45) is 11.5 Å². The molecule has 0 aliphatic rings. The summed E-state index contributed by atoms with van der Waals surface area (Å²) in [5.41, 5.74) is 10.3. The summed E-state index contributed by atoms with van der Waals surface area (Å²) in [4.78, 5) is 64.9. The smallest absolute Gasteiger partial charge is 0.546 e. The number of aliphatic carboxylic acids is 4. The molecule has 0 aromatic carbocycles. The van der Waals surface area contributed by atoms with Crippen LogP contribution in [0.15, 0.2) is 0 Å². The predicted molar refractivity (Wildman–Crippen MR) is 120 cm³/mol. The van der Waals surface area contributed by atoms with E-state index >= 15 is 0 Å². The van der Waals surface area contributed by atoms with Gasteiger partial charge in [-0.05, 0) is 0 Å². The summed E-state index contributed by atoms with van der Waals surface area (Å²) in [5, 5.41) is 111. The van der Waals surface area contributed by atoms with Crippen molar-refractivity contribution in [3.63, 3.8) is 0 Å². The zero-order chi connectivity index (χ0) is 33.5. The molecule has 0 heterocycles. The average molecular weight is 684 g/mol. The van der Waals surface area contributed by atoms with Crippen molar-refractivity contribution in [1.29, 1.82) is 0 Å². The monoisotopic (exact) mass is 683 g/mol. The third-order valence-corrected chi connectivity index (χ3v) is 4.83. The molecule has 23 heteroatoms. The summed E-state index contributed by atoms with van der Waals surface area (Å²) in [6, 6.07) is -3.40. The molecule has 0 bridgehead atoms. The molecule has 0 rings (SSSR count). The van der Waals surface area contributed by atoms with E-state index in [2.05, 4.69) is 9.47 Å². The quantitative estimate of drug-likeness (QED) is 0.0471. The number of carboxylic acid groups (broad SMARTS) is 4. The first-order valence-electron chi connectivity index (χ1n) is 11.3. The Bertz CT molecular complexity index is 851. The third kappa shape index (κ3) is 16.4. The molecule has 0 aromatic heterocycles. The van der Waals surface area contributed by atoms with Gasteiger partial charge in [0, 0.05) is 0 Å². The molecule has 0 saturated carbocycles. The van der Waals surface area contributed by atoms with Crippen molar-refractivity contribution < 1.29 is 117 Å². The summed E-state index contributed by atoms with van der Waals surface area (Å²) in [6.45, 7) is -1.99. The van der Waals surface area contributed by atoms with Crippen molar-refractivity contribution in [2.75, 3.05) is 13.2 Å². The molecule has 0 unspecified atom stereocenters. The molecule has 22 nitrogen and oxygen atoms in total. The second-order valence-electron chi connectivity index (χ2n) is 8.22. The first-order chi connectivity index (χ1) is 19.2. The number of esters is 2. The van der Waals surface area contributed by atoms with Gasteiger partial charge in [0.1, 0.15) is 48.7 Å². The molecular formula is C20H32CuN2O20. The van der Waals surface area contributed by atoms with Gasteiger partial charge in [0.05, 0.1) is 38.0 Å². The topological polar surface area (TPSA) is 421 Å². The largest absolute Gasteiger partial charge is 2.00 e. The maximum atomic E-state index is 11.4. The van der Waals surface area contributed by atoms with Gasteiger partial charge >= 0.3 is 40.9 Å². The van der Waals surface area contributed by atoms with E-state index in [0.29, 0.717) is 0 Å². The van der Waals surface area contributed by atoms with Gasteiger partial charge in [0.25, 0.3) is 0 Å². The van der Waals surface area contributed by atoms with Crippen LogP contribution in [0.3, 0.4) is 0 Å². The molecule has 0 aliphatic carbocycles. The summed E-state index contributed by atoms with van der Waals surface area (Å²) < 4.78 is 8.52. The Kier molecular flexibility index (Phi) is 22.3. The zero-order valence-corrected chi connectivity index (χ0v) is 22.6. The number of ether oxygens (including phenoxy) is 2. The number of carbonyl (C=O) groups is 6. The van der Waals surface area contributed by atoms with Crippen LogP contribution in [0.4, 0.5) is 0 Å². The van der Waals surface area contributed by atoms with Gasteiger partial charge in [-0.15, -0.1) is 0 Å². The SMILES string of the molecule is N[C@@H](CC(=O)O)C(=O)O[C@@H](C(=O)[O-])[C@@H](O)[C@H](O)[C@H](O)CO.N[C@@H](CC(=O)O)C(=O)O[C@@H](C(=O)[O-])[C@@H](O)[C@H](O)[C@H](O)CO.[Cu+2]. The number of aliphatic hydroxyl groups is 8. The standard InChI is InChI=1S/2C10H17NO10.Cu/c2*11-3(1-5(14)15)10(20)21-8(9(18)19)7(17)6(16)4(13)2-12;/h2*3-4,6-8,12-13,16-17H,1-2,11H2,(H,14,15)(H,18,19);/q;;+2/p-2/t2*3-,4+,6+,7-,8+;/m00./s1. The average Bonchev–Trinajstić information content (AvgIpc) is 2.90. The number of hydrogen-bond donors (Lipinski definition) is 12. The van der Waals surface area contributed by atoms with Gasteiger partial charge in [0.2, 0.25) is 0 Å². The number of aliphatic hydroxyl groups excluding tert-OH is 8. The van der Waals surface area contributed by atoms with Crippen LogP contribution in [0.5, 0.6) is 0 Å². The molecule has 0 aliphatic heterocycles. The Morgan fingerprint density at radius 3 is 1.02 bits per heavy atom. The first-order valence-corrected chi connectivity index (χ1v) is 11.3. The molecule has 0 amide bonds. The minimum atomic E-state index is -2.41. The number of carboxylic acids is 4. The van der Waals surface area contributed by atoms with Gasteiger partial charge in [-0.1, -0.05) is 0 Å². The van der Waals surface area contributed by atoms with Gasteiger partial charge < -0.3 is 91.8 Å². The van der Waals surface area contributed by atoms with Crippen LogP contribution in [-0.4, -0.2) is 161 Å². The van der Waals surface area contributed by atoms with Crippen molar-refractivity contribution in [3.05, 3.63) is 0 Å². The van der Waals surface area contributed by atoms with E-state index in [-0.39, 0.29) is 17.1 Å². The summed E-state index contributed by atoms with van der Waals surface area (Å²) in [5.74, 6) is -10.0. The van der Waals surface area contributed by atoms with Crippen LogP contribution in [-0.2, 0) is 55.3 Å². The number of hydrogen-bond acceptors (Lipinski definition) is 20. The Hall–Kier alpha value is -3.06. The molecule has 0 aromatic rings. The zero-order valence-electron chi connectivity index (χ0n) is 21.6. The fraction of sp³-hybridized carbons (Fsp3) is 0.700. The molecule has 0 fully saturated rings. The number of rotatable bonds is 18. The summed E-state index contributed by atoms with van der Waals surface area (Å²) in [7, 11) is 0. The molecular weight excluding hydrogens is 652 g/mol. The van der Waals surface area contributed by atoms with Gasteiger partial charge in [-0.2, -0.15) is 0 Å². The minimum Gasteiger partial charge on any atom is -0.546 e. The maximum Gasteiger partial charge on any atom is 2.00 e. The maximum absolute atomic E-state index is 11.4. The van der Waals surface area contributed by atoms with E-state index in [1.54, 1.807) is 0 Å². The van der Waals surface area contributed by atoms with Crippen molar-refractivity contribution in [3.8, 4) is 0 Å². The molecule has 253 valence electrons. The summed E-state index contributed by atoms with van der Waals surface area (Å²) in [6.07, 6.45) is -19.3. The van der Waals surface area contributed by atoms with Crippen molar-refractivity contribution >= 4 is 35.8 Å². The Morgan fingerprint density at radius 1 is 0.581 bits per heavy atom. The van der Waals surface area contributed by atoms with Crippen LogP contribution in [0.25, 0.3) is 0 Å². The van der Waals surface area contributed by atoms with Crippen LogP contribution in [0.1, 0.15) is 12.8 Å². The summed E-state index contributed by atoms with van der Waals surface area (Å²) >= 11 is 0. The molecule has 14 N–H and O–H groups in total. The predicted octanol–water partition coefficient (Wildman–Crippen LogP) is -11.0. The van der Waals surface area contributed by atoms with Crippen molar-refractivity contribution in [1.82, 2.24) is 0 Å².